The monoisotopic (exact) mass is 264 g/mol. The number of unbranched alkanes of at least 4 members (excludes halogenated alkanes) is 1. The summed E-state index contributed by atoms with van der Waals surface area (Å²) >= 11 is 0. The van der Waals surface area contributed by atoms with Gasteiger partial charge in [0.25, 0.3) is 0 Å². The van der Waals surface area contributed by atoms with Crippen LogP contribution in [0.15, 0.2) is 18.2 Å². The van der Waals surface area contributed by atoms with Crippen LogP contribution in [0.2, 0.25) is 0 Å². The van der Waals surface area contributed by atoms with Gasteiger partial charge >= 0.3 is 11.9 Å². The molecule has 102 valence electrons. The van der Waals surface area contributed by atoms with Gasteiger partial charge in [0, 0.05) is 5.56 Å². The molecule has 5 heteroatoms. The van der Waals surface area contributed by atoms with Gasteiger partial charge in [-0.2, -0.15) is 0 Å². The average Bonchev–Trinajstić information content (AvgIpc) is 2.38. The number of hydrogen-bond donors (Lipinski definition) is 1. The molecule has 0 heterocycles. The molecule has 0 amide bonds. The minimum absolute atomic E-state index is 0.0811. The quantitative estimate of drug-likeness (QED) is 0.485. The predicted molar refractivity (Wildman–Crippen MR) is 68.6 cm³/mol. The highest BCUT2D eigenvalue weighted by molar-refractivity contribution is 6.06. The molecule has 1 aromatic carbocycles. The molecule has 0 radical (unpaired) electrons. The van der Waals surface area contributed by atoms with Crippen molar-refractivity contribution in [2.24, 2.45) is 0 Å². The maximum absolute atomic E-state index is 11.7. The lowest BCUT2D eigenvalue weighted by atomic mass is 10.0. The number of hydrogen-bond acceptors (Lipinski definition) is 4. The SMILES string of the molecule is CCCCOC(=O)c1ccc(C(C)=O)c(C(=O)O)c1. The molecule has 0 atom stereocenters. The Kier molecular flexibility index (Phi) is 5.23. The van der Waals surface area contributed by atoms with Gasteiger partial charge < -0.3 is 9.84 Å². The highest BCUT2D eigenvalue weighted by atomic mass is 16.5. The zero-order valence-electron chi connectivity index (χ0n) is 10.9. The number of ketones is 1. The average molecular weight is 264 g/mol. The van der Waals surface area contributed by atoms with Crippen LogP contribution < -0.4 is 0 Å². The van der Waals surface area contributed by atoms with Gasteiger partial charge in [0.15, 0.2) is 5.78 Å². The second-order valence-corrected chi connectivity index (χ2v) is 4.11. The first-order valence-corrected chi connectivity index (χ1v) is 6.02. The van der Waals surface area contributed by atoms with E-state index < -0.39 is 11.9 Å². The molecule has 0 aromatic heterocycles. The van der Waals surface area contributed by atoms with E-state index in [0.29, 0.717) is 6.61 Å². The van der Waals surface area contributed by atoms with E-state index in [1.165, 1.54) is 25.1 Å². The Morgan fingerprint density at radius 2 is 1.89 bits per heavy atom. The van der Waals surface area contributed by atoms with Gasteiger partial charge in [0.2, 0.25) is 0 Å². The van der Waals surface area contributed by atoms with Crippen LogP contribution in [0, 0.1) is 0 Å². The van der Waals surface area contributed by atoms with Crippen molar-refractivity contribution in [1.82, 2.24) is 0 Å². The van der Waals surface area contributed by atoms with Gasteiger partial charge in [-0.3, -0.25) is 4.79 Å². The van der Waals surface area contributed by atoms with Crippen molar-refractivity contribution in [3.8, 4) is 0 Å². The standard InChI is InChI=1S/C14H16O5/c1-3-4-7-19-14(18)10-5-6-11(9(2)15)12(8-10)13(16)17/h5-6,8H,3-4,7H2,1-2H3,(H,16,17). The summed E-state index contributed by atoms with van der Waals surface area (Å²) in [5, 5.41) is 9.03. The highest BCUT2D eigenvalue weighted by Crippen LogP contribution is 2.14. The molecular formula is C14H16O5. The van der Waals surface area contributed by atoms with E-state index in [4.69, 9.17) is 9.84 Å². The first-order chi connectivity index (χ1) is 8.97. The van der Waals surface area contributed by atoms with Crippen LogP contribution in [-0.2, 0) is 4.74 Å². The van der Waals surface area contributed by atoms with E-state index in [-0.39, 0.29) is 22.5 Å². The molecule has 0 bridgehead atoms. The summed E-state index contributed by atoms with van der Waals surface area (Å²) in [6, 6.07) is 3.91. The number of esters is 1. The Morgan fingerprint density at radius 3 is 2.42 bits per heavy atom. The van der Waals surface area contributed by atoms with E-state index >= 15 is 0 Å². The fraction of sp³-hybridized carbons (Fsp3) is 0.357. The van der Waals surface area contributed by atoms with Gasteiger partial charge in [0.05, 0.1) is 17.7 Å². The molecule has 1 rings (SSSR count). The number of rotatable bonds is 6. The molecule has 1 N–H and O–H groups in total. The van der Waals surface area contributed by atoms with Crippen molar-refractivity contribution in [1.29, 1.82) is 0 Å². The fourth-order valence-corrected chi connectivity index (χ4v) is 1.55. The first-order valence-electron chi connectivity index (χ1n) is 6.02. The minimum Gasteiger partial charge on any atom is -0.478 e. The number of benzene rings is 1. The number of carbonyl (C=O) groups is 3. The molecule has 1 aromatic rings. The largest absolute Gasteiger partial charge is 0.478 e. The number of carboxylic acid groups (broad SMARTS) is 1. The van der Waals surface area contributed by atoms with E-state index in [1.807, 2.05) is 6.92 Å². The molecule has 0 unspecified atom stereocenters. The van der Waals surface area contributed by atoms with Crippen molar-refractivity contribution in [3.63, 3.8) is 0 Å². The number of Topliss-reactive ketones (excluding diaryl/α,β-unsaturated/α-hetero) is 1. The Bertz CT molecular complexity index is 505. The molecular weight excluding hydrogens is 248 g/mol. The fourth-order valence-electron chi connectivity index (χ4n) is 1.55. The summed E-state index contributed by atoms with van der Waals surface area (Å²) in [6.45, 7) is 3.55. The summed E-state index contributed by atoms with van der Waals surface area (Å²) in [4.78, 5) is 34.0. The lowest BCUT2D eigenvalue weighted by Gasteiger charge is -2.07. The van der Waals surface area contributed by atoms with Crippen molar-refractivity contribution in [2.75, 3.05) is 6.61 Å². The van der Waals surface area contributed by atoms with Crippen molar-refractivity contribution in [3.05, 3.63) is 34.9 Å². The van der Waals surface area contributed by atoms with E-state index in [9.17, 15) is 14.4 Å². The molecule has 5 nitrogen and oxygen atoms in total. The van der Waals surface area contributed by atoms with Crippen LogP contribution in [0.25, 0.3) is 0 Å². The van der Waals surface area contributed by atoms with Gasteiger partial charge in [-0.05, 0) is 31.5 Å². The van der Waals surface area contributed by atoms with Crippen LogP contribution in [0.4, 0.5) is 0 Å². The Hall–Kier alpha value is -2.17. The molecule has 0 aliphatic carbocycles. The van der Waals surface area contributed by atoms with Crippen LogP contribution in [0.5, 0.6) is 0 Å². The number of aromatic carboxylic acids is 1. The van der Waals surface area contributed by atoms with Crippen molar-refractivity contribution >= 4 is 17.7 Å². The van der Waals surface area contributed by atoms with Crippen LogP contribution in [0.3, 0.4) is 0 Å². The molecule has 19 heavy (non-hydrogen) atoms. The Morgan fingerprint density at radius 1 is 1.21 bits per heavy atom. The van der Waals surface area contributed by atoms with Gasteiger partial charge in [-0.25, -0.2) is 9.59 Å². The summed E-state index contributed by atoms with van der Waals surface area (Å²) in [5.41, 5.74) is 0.0357. The zero-order chi connectivity index (χ0) is 14.4. The number of carbonyl (C=O) groups excluding carboxylic acids is 2. The van der Waals surface area contributed by atoms with Gasteiger partial charge in [-0.15, -0.1) is 0 Å². The third-order valence-electron chi connectivity index (χ3n) is 2.60. The number of carboxylic acids is 1. The molecule has 0 spiro atoms. The lowest BCUT2D eigenvalue weighted by molar-refractivity contribution is 0.0499. The van der Waals surface area contributed by atoms with Crippen LogP contribution in [0.1, 0.15) is 57.8 Å². The minimum atomic E-state index is -1.24. The second-order valence-electron chi connectivity index (χ2n) is 4.11. The van der Waals surface area contributed by atoms with Crippen molar-refractivity contribution < 1.29 is 24.2 Å². The topological polar surface area (TPSA) is 80.7 Å². The van der Waals surface area contributed by atoms with E-state index in [0.717, 1.165) is 12.8 Å². The third kappa shape index (κ3) is 3.91. The summed E-state index contributed by atoms with van der Waals surface area (Å²) in [6.07, 6.45) is 1.65. The maximum atomic E-state index is 11.7. The summed E-state index contributed by atoms with van der Waals surface area (Å²) in [5.74, 6) is -2.18. The Labute approximate surface area is 111 Å². The van der Waals surface area contributed by atoms with E-state index in [2.05, 4.69) is 0 Å². The zero-order valence-corrected chi connectivity index (χ0v) is 10.9. The van der Waals surface area contributed by atoms with E-state index in [1.54, 1.807) is 0 Å². The molecule has 0 saturated carbocycles. The van der Waals surface area contributed by atoms with Gasteiger partial charge in [-0.1, -0.05) is 13.3 Å². The first kappa shape index (κ1) is 14.9. The molecule has 0 aliphatic rings. The summed E-state index contributed by atoms with van der Waals surface area (Å²) in [7, 11) is 0. The van der Waals surface area contributed by atoms with Crippen molar-refractivity contribution in [2.45, 2.75) is 26.7 Å². The number of ether oxygens (including phenoxy) is 1. The smallest absolute Gasteiger partial charge is 0.338 e. The third-order valence-corrected chi connectivity index (χ3v) is 2.60. The van der Waals surface area contributed by atoms with Crippen LogP contribution >= 0.6 is 0 Å². The second kappa shape index (κ2) is 6.68. The predicted octanol–water partition coefficient (Wildman–Crippen LogP) is 2.54. The molecule has 0 saturated heterocycles. The van der Waals surface area contributed by atoms with Crippen LogP contribution in [-0.4, -0.2) is 29.4 Å². The molecule has 0 fully saturated rings. The lowest BCUT2D eigenvalue weighted by Crippen LogP contribution is -2.11. The summed E-state index contributed by atoms with van der Waals surface area (Å²) < 4.78 is 4.99. The van der Waals surface area contributed by atoms with Gasteiger partial charge in [0.1, 0.15) is 0 Å². The highest BCUT2D eigenvalue weighted by Gasteiger charge is 2.17. The molecule has 0 aliphatic heterocycles. The normalized spacial score (nSPS) is 10.0. The Balaban J connectivity index is 2.98. The maximum Gasteiger partial charge on any atom is 0.338 e.